The van der Waals surface area contributed by atoms with Gasteiger partial charge in [0.15, 0.2) is 6.61 Å². The summed E-state index contributed by atoms with van der Waals surface area (Å²) in [5.41, 5.74) is 2.53. The molecular weight excluding hydrogens is 372 g/mol. The van der Waals surface area contributed by atoms with Crippen LogP contribution in [0.5, 0.6) is 0 Å². The predicted octanol–water partition coefficient (Wildman–Crippen LogP) is 3.17. The third-order valence-electron chi connectivity index (χ3n) is 4.90. The summed E-state index contributed by atoms with van der Waals surface area (Å²) in [5.74, 6) is -1.61. The van der Waals surface area contributed by atoms with Gasteiger partial charge in [0.05, 0.1) is 11.3 Å². The monoisotopic (exact) mass is 390 g/mol. The van der Waals surface area contributed by atoms with Gasteiger partial charge in [0.1, 0.15) is 0 Å². The highest BCUT2D eigenvalue weighted by molar-refractivity contribution is 6.20. The number of amides is 2. The van der Waals surface area contributed by atoms with Crippen molar-refractivity contribution in [1.29, 1.82) is 0 Å². The zero-order valence-corrected chi connectivity index (χ0v) is 15.7. The first-order valence-electron chi connectivity index (χ1n) is 9.19. The lowest BCUT2D eigenvalue weighted by molar-refractivity contribution is -0.121. The van der Waals surface area contributed by atoms with E-state index in [0.717, 1.165) is 15.8 Å². The van der Waals surface area contributed by atoms with Gasteiger partial charge in [-0.3, -0.25) is 19.3 Å². The van der Waals surface area contributed by atoms with E-state index in [-0.39, 0.29) is 36.0 Å². The Labute approximate surface area is 166 Å². The molecule has 29 heavy (non-hydrogen) atoms. The Kier molecular flexibility index (Phi) is 4.72. The normalized spacial score (nSPS) is 13.9. The number of carbonyl (C=O) groups excluding carboxylic acids is 4. The number of aromatic nitrogens is 1. The average molecular weight is 390 g/mol. The molecule has 0 bridgehead atoms. The van der Waals surface area contributed by atoms with Crippen LogP contribution < -0.4 is 4.90 Å². The first-order chi connectivity index (χ1) is 14.0. The van der Waals surface area contributed by atoms with Gasteiger partial charge in [-0.05, 0) is 31.2 Å². The zero-order valence-electron chi connectivity index (χ0n) is 15.7. The quantitative estimate of drug-likeness (QED) is 0.410. The highest BCUT2D eigenvalue weighted by Gasteiger charge is 2.30. The number of benzene rings is 2. The van der Waals surface area contributed by atoms with E-state index in [2.05, 4.69) is 4.98 Å². The van der Waals surface area contributed by atoms with Crippen LogP contribution in [0.4, 0.5) is 5.69 Å². The van der Waals surface area contributed by atoms with Crippen LogP contribution in [0, 0.1) is 6.92 Å². The summed E-state index contributed by atoms with van der Waals surface area (Å²) >= 11 is 0. The Morgan fingerprint density at radius 1 is 1.03 bits per heavy atom. The molecule has 7 nitrogen and oxygen atoms in total. The number of hydrogen-bond donors (Lipinski definition) is 1. The minimum atomic E-state index is -0.697. The summed E-state index contributed by atoms with van der Waals surface area (Å²) in [7, 11) is 0. The van der Waals surface area contributed by atoms with E-state index in [9.17, 15) is 19.2 Å². The number of nitrogens with zero attached hydrogens (tertiary/aromatic N) is 1. The van der Waals surface area contributed by atoms with Crippen molar-refractivity contribution in [2.45, 2.75) is 19.8 Å². The Morgan fingerprint density at radius 3 is 2.52 bits per heavy atom. The number of anilines is 1. The minimum absolute atomic E-state index is 0.159. The molecule has 0 radical (unpaired) electrons. The molecule has 0 atom stereocenters. The van der Waals surface area contributed by atoms with Gasteiger partial charge in [0, 0.05) is 35.0 Å². The van der Waals surface area contributed by atoms with Crippen LogP contribution in [0.1, 0.15) is 39.3 Å². The molecule has 1 saturated heterocycles. The lowest BCUT2D eigenvalue weighted by atomic mass is 10.1. The number of esters is 1. The number of aryl methyl sites for hydroxylation is 1. The molecule has 1 aromatic heterocycles. The van der Waals surface area contributed by atoms with Crippen LogP contribution in [0.15, 0.2) is 48.5 Å². The third kappa shape index (κ3) is 3.42. The van der Waals surface area contributed by atoms with Crippen LogP contribution in [-0.2, 0) is 14.3 Å². The third-order valence-corrected chi connectivity index (χ3v) is 4.90. The van der Waals surface area contributed by atoms with Crippen molar-refractivity contribution >= 4 is 40.2 Å². The van der Waals surface area contributed by atoms with Gasteiger partial charge in [-0.1, -0.05) is 24.3 Å². The lowest BCUT2D eigenvalue weighted by Crippen LogP contribution is -2.28. The topological polar surface area (TPSA) is 96.5 Å². The Balaban J connectivity index is 1.49. The van der Waals surface area contributed by atoms with Crippen molar-refractivity contribution in [3.63, 3.8) is 0 Å². The number of Topliss-reactive ketones (excluding diaryl/α,β-unsaturated/α-hetero) is 1. The Bertz CT molecular complexity index is 1140. The van der Waals surface area contributed by atoms with E-state index in [0.29, 0.717) is 16.9 Å². The molecular formula is C22H18N2O5. The highest BCUT2D eigenvalue weighted by Crippen LogP contribution is 2.24. The van der Waals surface area contributed by atoms with Gasteiger partial charge in [0.2, 0.25) is 17.6 Å². The second kappa shape index (κ2) is 7.35. The van der Waals surface area contributed by atoms with E-state index in [1.807, 2.05) is 24.3 Å². The Hall–Kier alpha value is -3.74. The smallest absolute Gasteiger partial charge is 0.338 e. The number of H-pyrrole nitrogens is 1. The van der Waals surface area contributed by atoms with Crippen LogP contribution >= 0.6 is 0 Å². The standard InChI is InChI=1S/C22H18N2O5/c1-13-21(16-7-2-3-8-17(16)23-13)18(25)12-29-22(28)14-5-4-6-15(11-14)24-19(26)9-10-20(24)27/h2-8,11,23H,9-10,12H2,1H3. The number of nitrogens with one attached hydrogen (secondary N) is 1. The van der Waals surface area contributed by atoms with E-state index in [1.165, 1.54) is 12.1 Å². The van der Waals surface area contributed by atoms with E-state index in [1.54, 1.807) is 19.1 Å². The largest absolute Gasteiger partial charge is 0.454 e. The first-order valence-corrected chi connectivity index (χ1v) is 9.19. The number of carbonyl (C=O) groups is 4. The molecule has 7 heteroatoms. The summed E-state index contributed by atoms with van der Waals surface area (Å²) in [4.78, 5) is 53.1. The van der Waals surface area contributed by atoms with E-state index < -0.39 is 12.6 Å². The van der Waals surface area contributed by atoms with E-state index in [4.69, 9.17) is 4.74 Å². The fraction of sp³-hybridized carbons (Fsp3) is 0.182. The summed E-state index contributed by atoms with van der Waals surface area (Å²) in [5, 5.41) is 0.777. The van der Waals surface area contributed by atoms with Gasteiger partial charge < -0.3 is 9.72 Å². The molecule has 0 unspecified atom stereocenters. The Morgan fingerprint density at radius 2 is 1.76 bits per heavy atom. The van der Waals surface area contributed by atoms with Crippen molar-refractivity contribution < 1.29 is 23.9 Å². The second-order valence-corrected chi connectivity index (χ2v) is 6.84. The molecule has 0 spiro atoms. The van der Waals surface area contributed by atoms with Crippen molar-refractivity contribution in [2.75, 3.05) is 11.5 Å². The molecule has 3 aromatic rings. The molecule has 2 amide bonds. The summed E-state index contributed by atoms with van der Waals surface area (Å²) in [6.45, 7) is 1.38. The summed E-state index contributed by atoms with van der Waals surface area (Å²) < 4.78 is 5.20. The maximum atomic E-state index is 12.6. The number of aromatic amines is 1. The van der Waals surface area contributed by atoms with Crippen molar-refractivity contribution in [2.24, 2.45) is 0 Å². The molecule has 2 heterocycles. The molecule has 1 aliphatic rings. The molecule has 1 fully saturated rings. The zero-order chi connectivity index (χ0) is 20.5. The van der Waals surface area contributed by atoms with Crippen molar-refractivity contribution in [3.05, 3.63) is 65.4 Å². The number of hydrogen-bond acceptors (Lipinski definition) is 5. The van der Waals surface area contributed by atoms with Gasteiger partial charge in [-0.2, -0.15) is 0 Å². The number of imide groups is 1. The lowest BCUT2D eigenvalue weighted by Gasteiger charge is -2.14. The van der Waals surface area contributed by atoms with Crippen LogP contribution in [0.3, 0.4) is 0 Å². The SMILES string of the molecule is Cc1[nH]c2ccccc2c1C(=O)COC(=O)c1cccc(N2C(=O)CCC2=O)c1. The predicted molar refractivity (Wildman–Crippen MR) is 106 cm³/mol. The van der Waals surface area contributed by atoms with Crippen molar-refractivity contribution in [3.8, 4) is 0 Å². The number of ketones is 1. The fourth-order valence-corrected chi connectivity index (χ4v) is 3.56. The molecule has 146 valence electrons. The van der Waals surface area contributed by atoms with Gasteiger partial charge >= 0.3 is 5.97 Å². The molecule has 1 aliphatic heterocycles. The number of fused-ring (bicyclic) bond motifs is 1. The number of ether oxygens (including phenoxy) is 1. The minimum Gasteiger partial charge on any atom is -0.454 e. The summed E-state index contributed by atoms with van der Waals surface area (Å²) in [6.07, 6.45) is 0.317. The molecule has 2 aromatic carbocycles. The van der Waals surface area contributed by atoms with Crippen LogP contribution in [-0.4, -0.2) is 35.2 Å². The molecule has 0 saturated carbocycles. The first kappa shape index (κ1) is 18.6. The summed E-state index contributed by atoms with van der Waals surface area (Å²) in [6, 6.07) is 13.5. The maximum absolute atomic E-state index is 12.6. The van der Waals surface area contributed by atoms with Crippen LogP contribution in [0.2, 0.25) is 0 Å². The number of rotatable bonds is 5. The van der Waals surface area contributed by atoms with Crippen molar-refractivity contribution in [1.82, 2.24) is 4.98 Å². The maximum Gasteiger partial charge on any atom is 0.338 e. The molecule has 1 N–H and O–H groups in total. The van der Waals surface area contributed by atoms with Gasteiger partial charge in [0.25, 0.3) is 0 Å². The van der Waals surface area contributed by atoms with Crippen LogP contribution in [0.25, 0.3) is 10.9 Å². The van der Waals surface area contributed by atoms with E-state index >= 15 is 0 Å². The van der Waals surface area contributed by atoms with Gasteiger partial charge in [-0.25, -0.2) is 4.79 Å². The molecule has 0 aliphatic carbocycles. The molecule has 4 rings (SSSR count). The average Bonchev–Trinajstić information content (AvgIpc) is 3.23. The highest BCUT2D eigenvalue weighted by atomic mass is 16.5. The second-order valence-electron chi connectivity index (χ2n) is 6.84. The fourth-order valence-electron chi connectivity index (χ4n) is 3.56. The van der Waals surface area contributed by atoms with Gasteiger partial charge in [-0.15, -0.1) is 0 Å². The number of para-hydroxylation sites is 1.